The van der Waals surface area contributed by atoms with Gasteiger partial charge in [-0.2, -0.15) is 0 Å². The second kappa shape index (κ2) is 6.19. The molecule has 0 bridgehead atoms. The van der Waals surface area contributed by atoms with E-state index in [2.05, 4.69) is 47.1 Å². The summed E-state index contributed by atoms with van der Waals surface area (Å²) in [4.78, 5) is 20.3. The number of methoxy groups -OCH3 is 1. The Morgan fingerprint density at radius 3 is 2.75 bits per heavy atom. The molecular formula is C12H10Br2N4O2. The second-order valence-corrected chi connectivity index (χ2v) is 5.34. The molecular weight excluding hydrogens is 392 g/mol. The van der Waals surface area contributed by atoms with E-state index < -0.39 is 0 Å². The third kappa shape index (κ3) is 3.45. The van der Waals surface area contributed by atoms with Crippen LogP contribution in [-0.2, 0) is 0 Å². The number of aromatic nitrogens is 2. The Kier molecular flexibility index (Phi) is 4.56. The van der Waals surface area contributed by atoms with Crippen LogP contribution in [0.5, 0.6) is 5.75 Å². The van der Waals surface area contributed by atoms with Crippen LogP contribution in [0.4, 0.5) is 11.5 Å². The summed E-state index contributed by atoms with van der Waals surface area (Å²) in [6.07, 6.45) is 1.49. The van der Waals surface area contributed by atoms with Crippen molar-refractivity contribution in [2.75, 3.05) is 18.2 Å². The van der Waals surface area contributed by atoms with Crippen LogP contribution in [0.2, 0.25) is 0 Å². The molecule has 0 aliphatic heterocycles. The van der Waals surface area contributed by atoms with Gasteiger partial charge in [-0.15, -0.1) is 0 Å². The molecule has 8 heteroatoms. The monoisotopic (exact) mass is 400 g/mol. The van der Waals surface area contributed by atoms with Crippen molar-refractivity contribution in [1.29, 1.82) is 0 Å². The molecule has 104 valence electrons. The molecule has 6 nitrogen and oxygen atoms in total. The molecule has 20 heavy (non-hydrogen) atoms. The lowest BCUT2D eigenvalue weighted by molar-refractivity contribution is 0.102. The number of nitrogen functional groups attached to an aromatic ring is 1. The Balaban J connectivity index is 2.26. The maximum Gasteiger partial charge on any atom is 0.257 e. The Morgan fingerprint density at radius 1 is 1.35 bits per heavy atom. The van der Waals surface area contributed by atoms with Crippen molar-refractivity contribution in [2.24, 2.45) is 0 Å². The SMILES string of the molecule is COc1cc(N)cc(C(=O)Nc2ncc(Br)nc2Br)c1. The van der Waals surface area contributed by atoms with E-state index in [-0.39, 0.29) is 5.91 Å². The van der Waals surface area contributed by atoms with Gasteiger partial charge in [0.1, 0.15) is 15.0 Å². The number of benzene rings is 1. The molecule has 0 spiro atoms. The first kappa shape index (κ1) is 14.7. The number of nitrogens with two attached hydrogens (primary N) is 1. The van der Waals surface area contributed by atoms with Crippen molar-refractivity contribution in [3.05, 3.63) is 39.2 Å². The Bertz CT molecular complexity index is 664. The average molecular weight is 402 g/mol. The summed E-state index contributed by atoms with van der Waals surface area (Å²) < 4.78 is 6.06. The molecule has 1 heterocycles. The normalized spacial score (nSPS) is 10.2. The fourth-order valence-electron chi connectivity index (χ4n) is 1.48. The van der Waals surface area contributed by atoms with Crippen LogP contribution in [0.1, 0.15) is 10.4 Å². The number of anilines is 2. The minimum Gasteiger partial charge on any atom is -0.497 e. The maximum atomic E-state index is 12.1. The van der Waals surface area contributed by atoms with Crippen molar-refractivity contribution in [3.63, 3.8) is 0 Å². The topological polar surface area (TPSA) is 90.1 Å². The lowest BCUT2D eigenvalue weighted by Gasteiger charge is -2.08. The molecule has 0 atom stereocenters. The number of halogens is 2. The number of carbonyl (C=O) groups is 1. The minimum atomic E-state index is -0.354. The summed E-state index contributed by atoms with van der Waals surface area (Å²) in [7, 11) is 1.51. The largest absolute Gasteiger partial charge is 0.497 e. The molecule has 0 aliphatic rings. The number of amides is 1. The zero-order valence-electron chi connectivity index (χ0n) is 10.4. The van der Waals surface area contributed by atoms with Crippen LogP contribution >= 0.6 is 31.9 Å². The number of hydrogen-bond acceptors (Lipinski definition) is 5. The van der Waals surface area contributed by atoms with Crippen molar-refractivity contribution < 1.29 is 9.53 Å². The van der Waals surface area contributed by atoms with Gasteiger partial charge in [-0.1, -0.05) is 0 Å². The maximum absolute atomic E-state index is 12.1. The van der Waals surface area contributed by atoms with Crippen LogP contribution in [0, 0.1) is 0 Å². The highest BCUT2D eigenvalue weighted by Gasteiger charge is 2.12. The molecule has 0 fully saturated rings. The van der Waals surface area contributed by atoms with Gasteiger partial charge in [-0.25, -0.2) is 9.97 Å². The van der Waals surface area contributed by atoms with Crippen LogP contribution in [-0.4, -0.2) is 23.0 Å². The zero-order chi connectivity index (χ0) is 14.7. The molecule has 2 rings (SSSR count). The van der Waals surface area contributed by atoms with E-state index in [0.29, 0.717) is 32.0 Å². The Labute approximate surface area is 132 Å². The fourth-order valence-corrected chi connectivity index (χ4v) is 2.39. The summed E-state index contributed by atoms with van der Waals surface area (Å²) in [6, 6.07) is 4.77. The number of nitrogens with one attached hydrogen (secondary N) is 1. The van der Waals surface area contributed by atoms with Gasteiger partial charge in [0, 0.05) is 17.3 Å². The first-order chi connectivity index (χ1) is 9.49. The molecule has 1 amide bonds. The summed E-state index contributed by atoms with van der Waals surface area (Å²) in [6.45, 7) is 0. The Hall–Kier alpha value is -1.67. The zero-order valence-corrected chi connectivity index (χ0v) is 13.5. The molecule has 1 aromatic heterocycles. The van der Waals surface area contributed by atoms with Crippen molar-refractivity contribution in [3.8, 4) is 5.75 Å². The third-order valence-electron chi connectivity index (χ3n) is 2.36. The van der Waals surface area contributed by atoms with Gasteiger partial charge in [-0.3, -0.25) is 4.79 Å². The van der Waals surface area contributed by atoms with E-state index in [4.69, 9.17) is 10.5 Å². The lowest BCUT2D eigenvalue weighted by atomic mass is 10.2. The summed E-state index contributed by atoms with van der Waals surface area (Å²) >= 11 is 6.41. The van der Waals surface area contributed by atoms with E-state index in [1.165, 1.54) is 13.3 Å². The lowest BCUT2D eigenvalue weighted by Crippen LogP contribution is -2.14. The fraction of sp³-hybridized carbons (Fsp3) is 0.0833. The van der Waals surface area contributed by atoms with Gasteiger partial charge in [0.15, 0.2) is 5.82 Å². The number of nitrogens with zero attached hydrogens (tertiary/aromatic N) is 2. The highest BCUT2D eigenvalue weighted by molar-refractivity contribution is 9.11. The molecule has 0 unspecified atom stereocenters. The van der Waals surface area contributed by atoms with Crippen LogP contribution in [0.3, 0.4) is 0 Å². The first-order valence-electron chi connectivity index (χ1n) is 5.43. The van der Waals surface area contributed by atoms with Crippen molar-refractivity contribution in [2.45, 2.75) is 0 Å². The van der Waals surface area contributed by atoms with Gasteiger partial charge in [0.05, 0.1) is 13.3 Å². The summed E-state index contributed by atoms with van der Waals surface area (Å²) in [5.74, 6) is 0.476. The quantitative estimate of drug-likeness (QED) is 0.771. The van der Waals surface area contributed by atoms with E-state index in [9.17, 15) is 4.79 Å². The molecule has 0 aliphatic carbocycles. The molecule has 1 aromatic carbocycles. The molecule has 3 N–H and O–H groups in total. The van der Waals surface area contributed by atoms with E-state index in [1.54, 1.807) is 18.2 Å². The minimum absolute atomic E-state index is 0.319. The highest BCUT2D eigenvalue weighted by atomic mass is 79.9. The number of hydrogen-bond donors (Lipinski definition) is 2. The van der Waals surface area contributed by atoms with Crippen molar-refractivity contribution in [1.82, 2.24) is 9.97 Å². The van der Waals surface area contributed by atoms with Gasteiger partial charge in [0.2, 0.25) is 0 Å². The van der Waals surface area contributed by atoms with E-state index in [1.807, 2.05) is 0 Å². The third-order valence-corrected chi connectivity index (χ3v) is 3.29. The number of ether oxygens (including phenoxy) is 1. The van der Waals surface area contributed by atoms with E-state index in [0.717, 1.165) is 0 Å². The summed E-state index contributed by atoms with van der Waals surface area (Å²) in [5, 5.41) is 2.64. The van der Waals surface area contributed by atoms with Crippen LogP contribution in [0.25, 0.3) is 0 Å². The predicted octanol–water partition coefficient (Wildman–Crippen LogP) is 2.84. The molecule has 0 saturated heterocycles. The standard InChI is InChI=1S/C12H10Br2N4O2/c1-20-8-3-6(2-7(15)4-8)12(19)18-11-10(14)17-9(13)5-16-11/h2-5H,15H2,1H3,(H,16,18,19). The van der Waals surface area contributed by atoms with Gasteiger partial charge in [-0.05, 0) is 44.0 Å². The predicted molar refractivity (Wildman–Crippen MR) is 82.8 cm³/mol. The smallest absolute Gasteiger partial charge is 0.257 e. The Morgan fingerprint density at radius 2 is 2.10 bits per heavy atom. The highest BCUT2D eigenvalue weighted by Crippen LogP contribution is 2.22. The van der Waals surface area contributed by atoms with Gasteiger partial charge >= 0.3 is 0 Å². The number of carbonyl (C=O) groups excluding carboxylic acids is 1. The molecule has 0 radical (unpaired) electrons. The summed E-state index contributed by atoms with van der Waals surface area (Å²) in [5.41, 5.74) is 6.53. The van der Waals surface area contributed by atoms with Crippen LogP contribution in [0.15, 0.2) is 33.6 Å². The molecule has 2 aromatic rings. The van der Waals surface area contributed by atoms with Gasteiger partial charge in [0.25, 0.3) is 5.91 Å². The van der Waals surface area contributed by atoms with Gasteiger partial charge < -0.3 is 15.8 Å². The van der Waals surface area contributed by atoms with Crippen molar-refractivity contribution >= 4 is 49.3 Å². The molecule has 0 saturated carbocycles. The first-order valence-corrected chi connectivity index (χ1v) is 7.02. The second-order valence-electron chi connectivity index (χ2n) is 3.78. The van der Waals surface area contributed by atoms with Crippen LogP contribution < -0.4 is 15.8 Å². The average Bonchev–Trinajstić information content (AvgIpc) is 2.41. The van der Waals surface area contributed by atoms with E-state index >= 15 is 0 Å². The number of rotatable bonds is 3.